The Balaban J connectivity index is 3.32. The fourth-order valence-electron chi connectivity index (χ4n) is 3.68. The summed E-state index contributed by atoms with van der Waals surface area (Å²) in [4.78, 5) is 50.2. The van der Waals surface area contributed by atoms with E-state index in [0.29, 0.717) is 19.3 Å². The standard InChI is InChI=1S/C19H30O7/c1-4-26-16(21)12-13-19(18(23)25-3)14(17(22)24-2)10-8-6-5-7-9-11-15(19)20/h14H,4-13H2,1-3H3/t14-,19-/m1/s1. The normalized spacial score (nSPS) is 24.4. The summed E-state index contributed by atoms with van der Waals surface area (Å²) in [6.45, 7) is 1.89. The molecule has 1 saturated carbocycles. The molecule has 0 unspecified atom stereocenters. The van der Waals surface area contributed by atoms with Crippen molar-refractivity contribution in [3.8, 4) is 0 Å². The molecule has 1 aliphatic carbocycles. The number of carbonyl (C=O) groups is 4. The predicted octanol–water partition coefficient (Wildman–Crippen LogP) is 2.59. The van der Waals surface area contributed by atoms with Gasteiger partial charge < -0.3 is 14.2 Å². The quantitative estimate of drug-likeness (QED) is 0.403. The first-order valence-corrected chi connectivity index (χ1v) is 9.29. The average Bonchev–Trinajstić information content (AvgIpc) is 2.64. The van der Waals surface area contributed by atoms with Crippen LogP contribution in [0.5, 0.6) is 0 Å². The first kappa shape index (κ1) is 22.1. The van der Waals surface area contributed by atoms with E-state index >= 15 is 0 Å². The maximum Gasteiger partial charge on any atom is 0.320 e. The molecule has 0 saturated heterocycles. The minimum atomic E-state index is -1.70. The topological polar surface area (TPSA) is 96.0 Å². The van der Waals surface area contributed by atoms with E-state index in [9.17, 15) is 19.2 Å². The lowest BCUT2D eigenvalue weighted by molar-refractivity contribution is -0.173. The second-order valence-electron chi connectivity index (χ2n) is 6.57. The molecule has 0 amide bonds. The van der Waals surface area contributed by atoms with Crippen LogP contribution < -0.4 is 0 Å². The van der Waals surface area contributed by atoms with Crippen LogP contribution in [-0.2, 0) is 33.4 Å². The van der Waals surface area contributed by atoms with Crippen LogP contribution >= 0.6 is 0 Å². The number of carbonyl (C=O) groups excluding carboxylic acids is 4. The second-order valence-corrected chi connectivity index (χ2v) is 6.57. The summed E-state index contributed by atoms with van der Waals surface area (Å²) in [6.07, 6.45) is 4.40. The molecule has 0 aromatic heterocycles. The summed E-state index contributed by atoms with van der Waals surface area (Å²) in [6, 6.07) is 0. The highest BCUT2D eigenvalue weighted by Gasteiger charge is 2.55. The highest BCUT2D eigenvalue weighted by molar-refractivity contribution is 6.07. The van der Waals surface area contributed by atoms with Crippen LogP contribution in [0.15, 0.2) is 0 Å². The molecule has 0 heterocycles. The van der Waals surface area contributed by atoms with Crippen molar-refractivity contribution in [2.45, 2.75) is 64.7 Å². The monoisotopic (exact) mass is 370 g/mol. The number of rotatable bonds is 6. The van der Waals surface area contributed by atoms with Crippen LogP contribution in [0.3, 0.4) is 0 Å². The van der Waals surface area contributed by atoms with Crippen LogP contribution in [0.25, 0.3) is 0 Å². The molecule has 1 fully saturated rings. The van der Waals surface area contributed by atoms with E-state index in [1.54, 1.807) is 6.92 Å². The first-order chi connectivity index (χ1) is 12.4. The summed E-state index contributed by atoms with van der Waals surface area (Å²) in [5, 5.41) is 0. The largest absolute Gasteiger partial charge is 0.469 e. The van der Waals surface area contributed by atoms with Gasteiger partial charge in [-0.2, -0.15) is 0 Å². The summed E-state index contributed by atoms with van der Waals surface area (Å²) < 4.78 is 14.8. The number of methoxy groups -OCH3 is 2. The van der Waals surface area contributed by atoms with Crippen LogP contribution in [0.1, 0.15) is 64.7 Å². The third-order valence-electron chi connectivity index (χ3n) is 5.05. The molecule has 7 heteroatoms. The number of Topliss-reactive ketones (excluding diaryl/α,β-unsaturated/α-hetero) is 1. The van der Waals surface area contributed by atoms with Gasteiger partial charge in [-0.25, -0.2) is 0 Å². The molecule has 26 heavy (non-hydrogen) atoms. The van der Waals surface area contributed by atoms with Gasteiger partial charge in [0.05, 0.1) is 26.7 Å². The summed E-state index contributed by atoms with van der Waals surface area (Å²) in [5.74, 6) is -3.22. The maximum absolute atomic E-state index is 13.1. The molecular weight excluding hydrogens is 340 g/mol. The predicted molar refractivity (Wildman–Crippen MR) is 93.1 cm³/mol. The third-order valence-corrected chi connectivity index (χ3v) is 5.05. The maximum atomic E-state index is 13.1. The molecule has 2 atom stereocenters. The Morgan fingerprint density at radius 3 is 2.31 bits per heavy atom. The third kappa shape index (κ3) is 5.29. The van der Waals surface area contributed by atoms with Gasteiger partial charge in [0.2, 0.25) is 0 Å². The van der Waals surface area contributed by atoms with Crippen molar-refractivity contribution in [1.29, 1.82) is 0 Å². The average molecular weight is 370 g/mol. The highest BCUT2D eigenvalue weighted by atomic mass is 16.5. The Morgan fingerprint density at radius 2 is 1.69 bits per heavy atom. The molecular formula is C19H30O7. The van der Waals surface area contributed by atoms with E-state index in [0.717, 1.165) is 19.3 Å². The molecule has 0 bridgehead atoms. The Kier molecular flexibility index (Phi) is 9.30. The summed E-state index contributed by atoms with van der Waals surface area (Å²) in [5.41, 5.74) is -1.70. The van der Waals surface area contributed by atoms with Gasteiger partial charge in [-0.1, -0.05) is 25.7 Å². The summed E-state index contributed by atoms with van der Waals surface area (Å²) >= 11 is 0. The molecule has 0 spiro atoms. The van der Waals surface area contributed by atoms with E-state index in [1.165, 1.54) is 14.2 Å². The van der Waals surface area contributed by atoms with Crippen molar-refractivity contribution in [2.24, 2.45) is 11.3 Å². The molecule has 7 nitrogen and oxygen atoms in total. The number of ether oxygens (including phenoxy) is 3. The number of hydrogen-bond donors (Lipinski definition) is 0. The van der Waals surface area contributed by atoms with E-state index < -0.39 is 29.2 Å². The van der Waals surface area contributed by atoms with Crippen LogP contribution in [0, 0.1) is 11.3 Å². The van der Waals surface area contributed by atoms with Crippen molar-refractivity contribution in [3.05, 3.63) is 0 Å². The molecule has 1 aliphatic rings. The van der Waals surface area contributed by atoms with Gasteiger partial charge >= 0.3 is 17.9 Å². The Hall–Kier alpha value is -1.92. The van der Waals surface area contributed by atoms with E-state index in [-0.39, 0.29) is 31.7 Å². The zero-order valence-electron chi connectivity index (χ0n) is 16.0. The smallest absolute Gasteiger partial charge is 0.320 e. The molecule has 0 aromatic rings. The van der Waals surface area contributed by atoms with Crippen molar-refractivity contribution < 1.29 is 33.4 Å². The fourth-order valence-corrected chi connectivity index (χ4v) is 3.68. The van der Waals surface area contributed by atoms with Crippen LogP contribution in [0.2, 0.25) is 0 Å². The SMILES string of the molecule is CCOC(=O)CC[C@]1(C(=O)OC)C(=O)CCCCCCC[C@@H]1C(=O)OC. The van der Waals surface area contributed by atoms with Crippen LogP contribution in [0.4, 0.5) is 0 Å². The van der Waals surface area contributed by atoms with Gasteiger partial charge in [0.1, 0.15) is 5.41 Å². The second kappa shape index (κ2) is 10.9. The minimum absolute atomic E-state index is 0.114. The Morgan fingerprint density at radius 1 is 1.04 bits per heavy atom. The molecule has 0 N–H and O–H groups in total. The molecule has 0 radical (unpaired) electrons. The fraction of sp³-hybridized carbons (Fsp3) is 0.789. The van der Waals surface area contributed by atoms with Crippen LogP contribution in [-0.4, -0.2) is 44.5 Å². The summed E-state index contributed by atoms with van der Waals surface area (Å²) in [7, 11) is 2.42. The van der Waals surface area contributed by atoms with E-state index in [1.807, 2.05) is 0 Å². The number of esters is 3. The van der Waals surface area contributed by atoms with Crippen molar-refractivity contribution in [2.75, 3.05) is 20.8 Å². The Bertz CT molecular complexity index is 514. The van der Waals surface area contributed by atoms with Crippen molar-refractivity contribution >= 4 is 23.7 Å². The molecule has 0 aromatic carbocycles. The van der Waals surface area contributed by atoms with Gasteiger partial charge in [0, 0.05) is 12.8 Å². The highest BCUT2D eigenvalue weighted by Crippen LogP contribution is 2.42. The van der Waals surface area contributed by atoms with Gasteiger partial charge in [-0.05, 0) is 26.2 Å². The minimum Gasteiger partial charge on any atom is -0.469 e. The van der Waals surface area contributed by atoms with Crippen molar-refractivity contribution in [1.82, 2.24) is 0 Å². The van der Waals surface area contributed by atoms with Gasteiger partial charge in [0.15, 0.2) is 5.78 Å². The number of hydrogen-bond acceptors (Lipinski definition) is 7. The zero-order valence-corrected chi connectivity index (χ0v) is 16.0. The zero-order chi connectivity index (χ0) is 19.6. The lowest BCUT2D eigenvalue weighted by Crippen LogP contribution is -2.50. The molecule has 1 rings (SSSR count). The van der Waals surface area contributed by atoms with E-state index in [2.05, 4.69) is 0 Å². The Labute approximate surface area is 154 Å². The van der Waals surface area contributed by atoms with Gasteiger partial charge in [0.25, 0.3) is 0 Å². The lowest BCUT2D eigenvalue weighted by Gasteiger charge is -2.36. The van der Waals surface area contributed by atoms with Gasteiger partial charge in [-0.3, -0.25) is 19.2 Å². The first-order valence-electron chi connectivity index (χ1n) is 9.29. The number of ketones is 1. The van der Waals surface area contributed by atoms with Gasteiger partial charge in [-0.15, -0.1) is 0 Å². The van der Waals surface area contributed by atoms with E-state index in [4.69, 9.17) is 14.2 Å². The molecule has 148 valence electrons. The molecule has 0 aliphatic heterocycles. The lowest BCUT2D eigenvalue weighted by atomic mass is 9.65. The van der Waals surface area contributed by atoms with Crippen molar-refractivity contribution in [3.63, 3.8) is 0 Å².